The molecule has 1 aromatic heterocycles. The van der Waals surface area contributed by atoms with E-state index in [4.69, 9.17) is 0 Å². The van der Waals surface area contributed by atoms with Crippen molar-refractivity contribution < 1.29 is 8.78 Å². The second kappa shape index (κ2) is 4.74. The van der Waals surface area contributed by atoms with Crippen molar-refractivity contribution in [3.05, 3.63) is 40.9 Å². The molecule has 94 valence electrons. The second-order valence-electron chi connectivity index (χ2n) is 4.38. The smallest absolute Gasteiger partial charge is 0.126 e. The summed E-state index contributed by atoms with van der Waals surface area (Å²) in [6.45, 7) is 1.01. The van der Waals surface area contributed by atoms with Crippen molar-refractivity contribution in [3.63, 3.8) is 0 Å². The van der Waals surface area contributed by atoms with Gasteiger partial charge in [0.15, 0.2) is 0 Å². The predicted molar refractivity (Wildman–Crippen MR) is 67.4 cm³/mol. The van der Waals surface area contributed by atoms with Gasteiger partial charge in [-0.2, -0.15) is 0 Å². The predicted octanol–water partition coefficient (Wildman–Crippen LogP) is 3.51. The molecule has 0 spiro atoms. The molecule has 0 aliphatic carbocycles. The number of benzene rings is 1. The van der Waals surface area contributed by atoms with Crippen LogP contribution in [0.1, 0.15) is 24.6 Å². The zero-order valence-electron chi connectivity index (χ0n) is 9.62. The van der Waals surface area contributed by atoms with E-state index in [1.54, 1.807) is 0 Å². The molecule has 1 unspecified atom stereocenters. The maximum Gasteiger partial charge on any atom is 0.126 e. The van der Waals surface area contributed by atoms with Crippen LogP contribution < -0.4 is 5.32 Å². The molecule has 1 fully saturated rings. The normalized spacial score (nSPS) is 19.3. The largest absolute Gasteiger partial charge is 0.309 e. The van der Waals surface area contributed by atoms with Crippen molar-refractivity contribution in [3.8, 4) is 10.6 Å². The molecule has 1 N–H and O–H groups in total. The number of rotatable bonds is 2. The molecular weight excluding hydrogens is 254 g/mol. The van der Waals surface area contributed by atoms with Gasteiger partial charge in [-0.15, -0.1) is 11.3 Å². The van der Waals surface area contributed by atoms with Crippen LogP contribution in [0.25, 0.3) is 10.6 Å². The van der Waals surface area contributed by atoms with E-state index in [1.165, 1.54) is 23.5 Å². The summed E-state index contributed by atoms with van der Waals surface area (Å²) >= 11 is 1.42. The van der Waals surface area contributed by atoms with Crippen LogP contribution in [0, 0.1) is 11.6 Å². The van der Waals surface area contributed by atoms with Crippen molar-refractivity contribution in [1.82, 2.24) is 10.3 Å². The Kier molecular flexibility index (Phi) is 3.09. The minimum Gasteiger partial charge on any atom is -0.309 e. The first-order valence-corrected chi connectivity index (χ1v) is 6.75. The number of hydrogen-bond acceptors (Lipinski definition) is 3. The lowest BCUT2D eigenvalue weighted by atomic mass is 10.2. The highest BCUT2D eigenvalue weighted by atomic mass is 32.1. The number of nitrogens with one attached hydrogen (secondary N) is 1. The van der Waals surface area contributed by atoms with Gasteiger partial charge >= 0.3 is 0 Å². The first-order valence-electron chi connectivity index (χ1n) is 5.87. The van der Waals surface area contributed by atoms with Crippen molar-refractivity contribution in [2.24, 2.45) is 0 Å². The molecule has 1 atom stereocenters. The molecule has 1 aromatic carbocycles. The lowest BCUT2D eigenvalue weighted by Crippen LogP contribution is -2.12. The zero-order valence-corrected chi connectivity index (χ0v) is 10.4. The van der Waals surface area contributed by atoms with Gasteiger partial charge in [-0.1, -0.05) is 0 Å². The summed E-state index contributed by atoms with van der Waals surface area (Å²) in [5, 5.41) is 5.98. The Hall–Kier alpha value is -1.33. The van der Waals surface area contributed by atoms with E-state index >= 15 is 0 Å². The number of hydrogen-bond donors (Lipinski definition) is 1. The maximum absolute atomic E-state index is 13.1. The molecule has 2 aromatic rings. The van der Waals surface area contributed by atoms with Gasteiger partial charge in [0.2, 0.25) is 0 Å². The average Bonchev–Trinajstić information content (AvgIpc) is 2.99. The monoisotopic (exact) mass is 266 g/mol. The molecule has 0 amide bonds. The van der Waals surface area contributed by atoms with E-state index in [0.29, 0.717) is 10.6 Å². The van der Waals surface area contributed by atoms with Gasteiger partial charge in [0.1, 0.15) is 16.6 Å². The average molecular weight is 266 g/mol. The zero-order chi connectivity index (χ0) is 12.5. The third-order valence-electron chi connectivity index (χ3n) is 3.05. The quantitative estimate of drug-likeness (QED) is 0.899. The Labute approximate surface area is 108 Å². The Bertz CT molecular complexity index is 542. The molecule has 3 rings (SSSR count). The summed E-state index contributed by atoms with van der Waals surface area (Å²) in [6.07, 6.45) is 2.22. The Morgan fingerprint density at radius 1 is 1.22 bits per heavy atom. The fourth-order valence-electron chi connectivity index (χ4n) is 2.19. The Morgan fingerprint density at radius 2 is 2.00 bits per heavy atom. The molecule has 0 bridgehead atoms. The van der Waals surface area contributed by atoms with Gasteiger partial charge in [-0.3, -0.25) is 0 Å². The third-order valence-corrected chi connectivity index (χ3v) is 3.96. The van der Waals surface area contributed by atoms with E-state index in [9.17, 15) is 8.78 Å². The number of thiazole rings is 1. The van der Waals surface area contributed by atoms with Crippen molar-refractivity contribution in [2.75, 3.05) is 6.54 Å². The lowest BCUT2D eigenvalue weighted by molar-refractivity contribution is 0.584. The molecule has 2 heterocycles. The van der Waals surface area contributed by atoms with Gasteiger partial charge in [0.25, 0.3) is 0 Å². The lowest BCUT2D eigenvalue weighted by Gasteiger charge is -2.05. The standard InChI is InChI=1S/C13H12F2N2S/c14-9-4-8(5-10(15)6-9)13-17-12(7-18-13)11-2-1-3-16-11/h4-7,11,16H,1-3H2. The summed E-state index contributed by atoms with van der Waals surface area (Å²) in [6, 6.07) is 3.78. The minimum atomic E-state index is -0.569. The van der Waals surface area contributed by atoms with E-state index in [2.05, 4.69) is 10.3 Å². The molecule has 1 aliphatic rings. The van der Waals surface area contributed by atoms with Crippen molar-refractivity contribution in [1.29, 1.82) is 0 Å². The van der Waals surface area contributed by atoms with Crippen LogP contribution in [-0.2, 0) is 0 Å². The summed E-state index contributed by atoms with van der Waals surface area (Å²) in [5.41, 5.74) is 1.47. The van der Waals surface area contributed by atoms with E-state index in [-0.39, 0.29) is 6.04 Å². The minimum absolute atomic E-state index is 0.286. The van der Waals surface area contributed by atoms with Crippen LogP contribution in [-0.4, -0.2) is 11.5 Å². The Balaban J connectivity index is 1.92. The highest BCUT2D eigenvalue weighted by Gasteiger charge is 2.19. The fraction of sp³-hybridized carbons (Fsp3) is 0.308. The first-order chi connectivity index (χ1) is 8.72. The van der Waals surface area contributed by atoms with Crippen LogP contribution in [0.15, 0.2) is 23.6 Å². The summed E-state index contributed by atoms with van der Waals surface area (Å²) < 4.78 is 26.3. The van der Waals surface area contributed by atoms with Crippen LogP contribution in [0.3, 0.4) is 0 Å². The van der Waals surface area contributed by atoms with Crippen LogP contribution >= 0.6 is 11.3 Å². The van der Waals surface area contributed by atoms with Gasteiger partial charge in [-0.05, 0) is 31.5 Å². The third kappa shape index (κ3) is 2.28. The van der Waals surface area contributed by atoms with Crippen molar-refractivity contribution >= 4 is 11.3 Å². The van der Waals surface area contributed by atoms with Gasteiger partial charge in [0.05, 0.1) is 11.7 Å². The maximum atomic E-state index is 13.1. The Morgan fingerprint density at radius 3 is 2.67 bits per heavy atom. The van der Waals surface area contributed by atoms with E-state index in [1.807, 2.05) is 5.38 Å². The number of nitrogens with zero attached hydrogens (tertiary/aromatic N) is 1. The molecule has 5 heteroatoms. The van der Waals surface area contributed by atoms with Crippen LogP contribution in [0.5, 0.6) is 0 Å². The SMILES string of the molecule is Fc1cc(F)cc(-c2nc(C3CCCN3)cs2)c1. The van der Waals surface area contributed by atoms with Gasteiger partial charge in [0, 0.05) is 17.0 Å². The van der Waals surface area contributed by atoms with E-state index in [0.717, 1.165) is 31.1 Å². The molecule has 18 heavy (non-hydrogen) atoms. The second-order valence-corrected chi connectivity index (χ2v) is 5.24. The fourth-order valence-corrected chi connectivity index (χ4v) is 3.05. The topological polar surface area (TPSA) is 24.9 Å². The highest BCUT2D eigenvalue weighted by Crippen LogP contribution is 2.30. The number of halogens is 2. The first kappa shape index (κ1) is 11.7. The molecule has 0 radical (unpaired) electrons. The molecular formula is C13H12F2N2S. The van der Waals surface area contributed by atoms with Gasteiger partial charge in [-0.25, -0.2) is 13.8 Å². The van der Waals surface area contributed by atoms with Crippen molar-refractivity contribution in [2.45, 2.75) is 18.9 Å². The summed E-state index contributed by atoms with van der Waals surface area (Å²) in [5.74, 6) is -1.14. The van der Waals surface area contributed by atoms with Crippen LogP contribution in [0.4, 0.5) is 8.78 Å². The molecule has 2 nitrogen and oxygen atoms in total. The highest BCUT2D eigenvalue weighted by molar-refractivity contribution is 7.13. The molecule has 1 saturated heterocycles. The summed E-state index contributed by atoms with van der Waals surface area (Å²) in [4.78, 5) is 4.47. The van der Waals surface area contributed by atoms with Gasteiger partial charge < -0.3 is 5.32 Å². The van der Waals surface area contributed by atoms with E-state index < -0.39 is 11.6 Å². The molecule has 0 saturated carbocycles. The number of aromatic nitrogens is 1. The summed E-state index contributed by atoms with van der Waals surface area (Å²) in [7, 11) is 0. The molecule has 1 aliphatic heterocycles. The van der Waals surface area contributed by atoms with Crippen LogP contribution in [0.2, 0.25) is 0 Å².